The Hall–Kier alpha value is -1.49. The summed E-state index contributed by atoms with van der Waals surface area (Å²) in [6.45, 7) is 5.67. The van der Waals surface area contributed by atoms with Crippen molar-refractivity contribution < 1.29 is 9.84 Å². The minimum absolute atomic E-state index is 0.163. The first-order valence-electron chi connectivity index (χ1n) is 7.64. The van der Waals surface area contributed by atoms with Crippen molar-refractivity contribution in [3.63, 3.8) is 0 Å². The lowest BCUT2D eigenvalue weighted by Crippen LogP contribution is -2.45. The van der Waals surface area contributed by atoms with E-state index < -0.39 is 6.10 Å². The highest BCUT2D eigenvalue weighted by Crippen LogP contribution is 2.28. The summed E-state index contributed by atoms with van der Waals surface area (Å²) in [5.41, 5.74) is 0.929. The van der Waals surface area contributed by atoms with Crippen molar-refractivity contribution in [2.24, 2.45) is 0 Å². The van der Waals surface area contributed by atoms with E-state index in [-0.39, 0.29) is 6.10 Å². The lowest BCUT2D eigenvalue weighted by atomic mass is 9.97. The number of aliphatic hydroxyl groups excluding tert-OH is 1. The first-order valence-corrected chi connectivity index (χ1v) is 7.64. The number of fused-ring (bicyclic) bond motifs is 1. The molecule has 1 saturated heterocycles. The van der Waals surface area contributed by atoms with Crippen LogP contribution in [0.25, 0.3) is 10.8 Å². The van der Waals surface area contributed by atoms with Crippen LogP contribution >= 0.6 is 0 Å². The summed E-state index contributed by atoms with van der Waals surface area (Å²) in [5.74, 6) is 0. The first-order chi connectivity index (χ1) is 10.3. The monoisotopic (exact) mass is 286 g/mol. The Balaban J connectivity index is 1.84. The maximum absolute atomic E-state index is 10.8. The molecule has 1 aromatic carbocycles. The highest BCUT2D eigenvalue weighted by atomic mass is 16.5. The van der Waals surface area contributed by atoms with Crippen LogP contribution in [-0.4, -0.2) is 47.3 Å². The second-order valence-corrected chi connectivity index (χ2v) is 5.60. The summed E-state index contributed by atoms with van der Waals surface area (Å²) >= 11 is 0. The standard InChI is InChI=1S/C17H22N2O2/c1-2-8-19-9-10-21-16(12-19)17(20)15-5-3-4-13-11-18-7-6-14(13)15/h3-7,11,16-17,20H,2,8-10,12H2,1H3. The van der Waals surface area contributed by atoms with Crippen molar-refractivity contribution in [2.45, 2.75) is 25.6 Å². The zero-order valence-electron chi connectivity index (χ0n) is 12.4. The van der Waals surface area contributed by atoms with Gasteiger partial charge in [-0.1, -0.05) is 25.1 Å². The lowest BCUT2D eigenvalue weighted by molar-refractivity contribution is -0.0894. The van der Waals surface area contributed by atoms with Gasteiger partial charge >= 0.3 is 0 Å². The van der Waals surface area contributed by atoms with Crippen LogP contribution in [0, 0.1) is 0 Å². The molecule has 2 atom stereocenters. The molecule has 0 saturated carbocycles. The molecular formula is C17H22N2O2. The van der Waals surface area contributed by atoms with Crippen LogP contribution in [0.1, 0.15) is 25.0 Å². The number of benzene rings is 1. The molecule has 0 amide bonds. The summed E-state index contributed by atoms with van der Waals surface area (Å²) in [6, 6.07) is 7.93. The summed E-state index contributed by atoms with van der Waals surface area (Å²) in [4.78, 5) is 6.51. The Bertz CT molecular complexity index is 595. The van der Waals surface area contributed by atoms with Gasteiger partial charge in [0.05, 0.1) is 6.61 Å². The third-order valence-corrected chi connectivity index (χ3v) is 4.10. The molecular weight excluding hydrogens is 264 g/mol. The van der Waals surface area contributed by atoms with Crippen LogP contribution in [0.4, 0.5) is 0 Å². The minimum Gasteiger partial charge on any atom is -0.386 e. The first kappa shape index (κ1) is 14.4. The van der Waals surface area contributed by atoms with Gasteiger partial charge in [-0.05, 0) is 30.0 Å². The van der Waals surface area contributed by atoms with Gasteiger partial charge in [0, 0.05) is 30.9 Å². The number of rotatable bonds is 4. The highest BCUT2D eigenvalue weighted by Gasteiger charge is 2.28. The van der Waals surface area contributed by atoms with E-state index >= 15 is 0 Å². The number of nitrogens with zero attached hydrogens (tertiary/aromatic N) is 2. The Morgan fingerprint density at radius 3 is 3.19 bits per heavy atom. The molecule has 2 aromatic rings. The van der Waals surface area contributed by atoms with Crippen LogP contribution in [0.5, 0.6) is 0 Å². The van der Waals surface area contributed by atoms with E-state index in [0.717, 1.165) is 42.4 Å². The van der Waals surface area contributed by atoms with Crippen LogP contribution in [0.3, 0.4) is 0 Å². The van der Waals surface area contributed by atoms with Crippen LogP contribution in [0.2, 0.25) is 0 Å². The Kier molecular flexibility index (Phi) is 4.48. The topological polar surface area (TPSA) is 45.6 Å². The quantitative estimate of drug-likeness (QED) is 0.937. The van der Waals surface area contributed by atoms with Gasteiger partial charge in [0.2, 0.25) is 0 Å². The Morgan fingerprint density at radius 2 is 2.33 bits per heavy atom. The molecule has 1 N–H and O–H groups in total. The molecule has 1 fully saturated rings. The maximum Gasteiger partial charge on any atom is 0.107 e. The molecule has 1 aliphatic rings. The van der Waals surface area contributed by atoms with Gasteiger partial charge in [0.15, 0.2) is 0 Å². The zero-order chi connectivity index (χ0) is 14.7. The number of pyridine rings is 1. The van der Waals surface area contributed by atoms with E-state index in [0.29, 0.717) is 6.61 Å². The van der Waals surface area contributed by atoms with Gasteiger partial charge < -0.3 is 9.84 Å². The summed E-state index contributed by atoms with van der Waals surface area (Å²) in [7, 11) is 0. The van der Waals surface area contributed by atoms with Crippen molar-refractivity contribution in [3.05, 3.63) is 42.2 Å². The number of aromatic nitrogens is 1. The third-order valence-electron chi connectivity index (χ3n) is 4.10. The largest absolute Gasteiger partial charge is 0.386 e. The van der Waals surface area contributed by atoms with Crippen molar-refractivity contribution >= 4 is 10.8 Å². The van der Waals surface area contributed by atoms with E-state index in [2.05, 4.69) is 16.8 Å². The number of morpholine rings is 1. The van der Waals surface area contributed by atoms with Gasteiger partial charge in [-0.25, -0.2) is 0 Å². The number of aliphatic hydroxyl groups is 1. The number of hydrogen-bond acceptors (Lipinski definition) is 4. The number of ether oxygens (including phenoxy) is 1. The highest BCUT2D eigenvalue weighted by molar-refractivity contribution is 5.85. The molecule has 3 rings (SSSR count). The average Bonchev–Trinajstić information content (AvgIpc) is 2.54. The van der Waals surface area contributed by atoms with Gasteiger partial charge in [0.25, 0.3) is 0 Å². The van der Waals surface area contributed by atoms with E-state index in [4.69, 9.17) is 4.74 Å². The predicted octanol–water partition coefficient (Wildman–Crippen LogP) is 2.38. The third kappa shape index (κ3) is 3.07. The Labute approximate surface area is 125 Å². The van der Waals surface area contributed by atoms with E-state index in [9.17, 15) is 5.11 Å². The second-order valence-electron chi connectivity index (χ2n) is 5.60. The maximum atomic E-state index is 10.8. The van der Waals surface area contributed by atoms with Gasteiger partial charge in [-0.2, -0.15) is 0 Å². The van der Waals surface area contributed by atoms with E-state index in [1.54, 1.807) is 6.20 Å². The van der Waals surface area contributed by atoms with Crippen LogP contribution < -0.4 is 0 Å². The molecule has 4 nitrogen and oxygen atoms in total. The number of hydrogen-bond donors (Lipinski definition) is 1. The van der Waals surface area contributed by atoms with Crippen molar-refractivity contribution in [3.8, 4) is 0 Å². The molecule has 1 aromatic heterocycles. The van der Waals surface area contributed by atoms with Crippen molar-refractivity contribution in [1.82, 2.24) is 9.88 Å². The normalized spacial score (nSPS) is 21.5. The fourth-order valence-corrected chi connectivity index (χ4v) is 3.05. The van der Waals surface area contributed by atoms with Crippen molar-refractivity contribution in [1.29, 1.82) is 0 Å². The summed E-state index contributed by atoms with van der Waals surface area (Å²) < 4.78 is 5.81. The lowest BCUT2D eigenvalue weighted by Gasteiger charge is -2.35. The van der Waals surface area contributed by atoms with Crippen LogP contribution in [0.15, 0.2) is 36.7 Å². The molecule has 0 radical (unpaired) electrons. The Morgan fingerprint density at radius 1 is 1.43 bits per heavy atom. The molecule has 2 unspecified atom stereocenters. The summed E-state index contributed by atoms with van der Waals surface area (Å²) in [6.07, 6.45) is 3.96. The molecule has 21 heavy (non-hydrogen) atoms. The molecule has 1 aliphatic heterocycles. The zero-order valence-corrected chi connectivity index (χ0v) is 12.4. The second kappa shape index (κ2) is 6.52. The van der Waals surface area contributed by atoms with Gasteiger partial charge in [0.1, 0.15) is 12.2 Å². The fourth-order valence-electron chi connectivity index (χ4n) is 3.05. The molecule has 0 spiro atoms. The predicted molar refractivity (Wildman–Crippen MR) is 83.2 cm³/mol. The molecule has 4 heteroatoms. The van der Waals surface area contributed by atoms with Crippen molar-refractivity contribution in [2.75, 3.05) is 26.2 Å². The SMILES string of the molecule is CCCN1CCOC(C(O)c2cccc3cnccc23)C1. The molecule has 0 bridgehead atoms. The van der Waals surface area contributed by atoms with Gasteiger partial charge in [-0.3, -0.25) is 9.88 Å². The van der Waals surface area contributed by atoms with Gasteiger partial charge in [-0.15, -0.1) is 0 Å². The van der Waals surface area contributed by atoms with Crippen LogP contribution in [-0.2, 0) is 4.74 Å². The smallest absolute Gasteiger partial charge is 0.107 e. The molecule has 112 valence electrons. The minimum atomic E-state index is -0.601. The van der Waals surface area contributed by atoms with E-state index in [1.807, 2.05) is 30.5 Å². The van der Waals surface area contributed by atoms with E-state index in [1.165, 1.54) is 0 Å². The molecule has 2 heterocycles. The summed E-state index contributed by atoms with van der Waals surface area (Å²) in [5, 5.41) is 12.9. The average molecular weight is 286 g/mol. The fraction of sp³-hybridized carbons (Fsp3) is 0.471. The molecule has 0 aliphatic carbocycles.